The van der Waals surface area contributed by atoms with Gasteiger partial charge in [0.15, 0.2) is 5.13 Å². The molecule has 2 amide bonds. The lowest BCUT2D eigenvalue weighted by Gasteiger charge is -2.29. The molecule has 2 fully saturated rings. The largest absolute Gasteiger partial charge is 0.393 e. The first-order valence-corrected chi connectivity index (χ1v) is 12.6. The zero-order valence-corrected chi connectivity index (χ0v) is 19.9. The highest BCUT2D eigenvalue weighted by Crippen LogP contribution is 2.32. The molecular formula is C24H29N5O4S. The molecule has 1 aliphatic heterocycles. The number of aliphatic hydroxyl groups excluding tert-OH is 1. The molecule has 0 radical (unpaired) electrons. The number of aliphatic hydroxyl groups is 1. The van der Waals surface area contributed by atoms with Crippen LogP contribution in [0, 0.1) is 12.8 Å². The lowest BCUT2D eigenvalue weighted by atomic mass is 10.1. The number of thiazole rings is 1. The highest BCUT2D eigenvalue weighted by molar-refractivity contribution is 7.22. The van der Waals surface area contributed by atoms with Gasteiger partial charge in [-0.05, 0) is 63.1 Å². The highest BCUT2D eigenvalue weighted by Gasteiger charge is 2.27. The molecule has 0 unspecified atom stereocenters. The van der Waals surface area contributed by atoms with E-state index in [2.05, 4.69) is 15.8 Å². The lowest BCUT2D eigenvalue weighted by Crippen LogP contribution is -2.40. The zero-order chi connectivity index (χ0) is 23.7. The van der Waals surface area contributed by atoms with E-state index in [0.717, 1.165) is 34.6 Å². The Kier molecular flexibility index (Phi) is 6.51. The number of aryl methyl sites for hydroxylation is 1. The third kappa shape index (κ3) is 5.07. The summed E-state index contributed by atoms with van der Waals surface area (Å²) in [6.45, 7) is 3.58. The van der Waals surface area contributed by atoms with Crippen LogP contribution in [0.2, 0.25) is 0 Å². The summed E-state index contributed by atoms with van der Waals surface area (Å²) in [6, 6.07) is 7.60. The van der Waals surface area contributed by atoms with E-state index in [4.69, 9.17) is 9.51 Å². The van der Waals surface area contributed by atoms with Crippen LogP contribution in [0.3, 0.4) is 0 Å². The molecule has 2 aromatic heterocycles. The van der Waals surface area contributed by atoms with E-state index in [9.17, 15) is 14.7 Å². The fourth-order valence-electron chi connectivity index (χ4n) is 4.73. The van der Waals surface area contributed by atoms with Gasteiger partial charge in [0.1, 0.15) is 0 Å². The van der Waals surface area contributed by atoms with Crippen molar-refractivity contribution < 1.29 is 19.2 Å². The number of amides is 2. The molecule has 1 saturated carbocycles. The van der Waals surface area contributed by atoms with Crippen molar-refractivity contribution in [1.82, 2.24) is 20.4 Å². The molecule has 1 saturated heterocycles. The number of nitrogens with zero attached hydrogens (tertiary/aromatic N) is 3. The van der Waals surface area contributed by atoms with Crippen molar-refractivity contribution >= 4 is 38.5 Å². The van der Waals surface area contributed by atoms with Crippen molar-refractivity contribution in [2.45, 2.75) is 51.2 Å². The van der Waals surface area contributed by atoms with Gasteiger partial charge in [0.05, 0.1) is 22.0 Å². The second kappa shape index (κ2) is 9.71. The zero-order valence-electron chi connectivity index (χ0n) is 19.1. The summed E-state index contributed by atoms with van der Waals surface area (Å²) in [5.74, 6) is 0.426. The van der Waals surface area contributed by atoms with Crippen LogP contribution in [-0.4, -0.2) is 63.7 Å². The molecule has 1 aromatic carbocycles. The number of fused-ring (bicyclic) bond motifs is 1. The van der Waals surface area contributed by atoms with Gasteiger partial charge in [-0.1, -0.05) is 16.5 Å². The average Bonchev–Trinajstić information content (AvgIpc) is 3.57. The minimum Gasteiger partial charge on any atom is -0.393 e. The molecule has 1 aliphatic carbocycles. The Hall–Kier alpha value is -2.98. The van der Waals surface area contributed by atoms with Gasteiger partial charge in [-0.15, -0.1) is 0 Å². The number of carbonyl (C=O) groups is 2. The Morgan fingerprint density at radius 1 is 1.21 bits per heavy atom. The van der Waals surface area contributed by atoms with Gasteiger partial charge >= 0.3 is 0 Å². The molecule has 10 heteroatoms. The van der Waals surface area contributed by atoms with E-state index in [0.29, 0.717) is 55.7 Å². The van der Waals surface area contributed by atoms with Gasteiger partial charge in [0.25, 0.3) is 11.8 Å². The van der Waals surface area contributed by atoms with E-state index in [1.54, 1.807) is 24.3 Å². The number of aromatic nitrogens is 2. The first kappa shape index (κ1) is 22.8. The van der Waals surface area contributed by atoms with Crippen LogP contribution in [0.1, 0.15) is 58.7 Å². The van der Waals surface area contributed by atoms with Crippen LogP contribution in [0.15, 0.2) is 28.8 Å². The molecule has 2 aliphatic rings. The standard InChI is InChI=1S/C24H29N5O4S/c1-14-10-20(33-28-14)22(31)25-13-15-2-4-17(11-15)26-24-27-19-5-3-16(12-21(19)34-24)23(32)29-8-6-18(30)7-9-29/h3,5,10,12,15,17-18,30H,2,4,6-9,11,13H2,1H3,(H,25,31)(H,26,27)/t15-,17+/m0/s1. The van der Waals surface area contributed by atoms with Crippen molar-refractivity contribution in [3.8, 4) is 0 Å². The molecule has 34 heavy (non-hydrogen) atoms. The third-order valence-electron chi connectivity index (χ3n) is 6.66. The summed E-state index contributed by atoms with van der Waals surface area (Å²) in [6.07, 6.45) is 3.97. The third-order valence-corrected chi connectivity index (χ3v) is 7.61. The SMILES string of the molecule is Cc1cc(C(=O)NC[C@H]2CC[C@@H](Nc3nc4ccc(C(=O)N5CCC(O)CC5)cc4s3)C2)on1. The average molecular weight is 484 g/mol. The molecule has 3 N–H and O–H groups in total. The molecule has 5 rings (SSSR count). The number of piperidine rings is 1. The van der Waals surface area contributed by atoms with Crippen molar-refractivity contribution in [2.75, 3.05) is 25.0 Å². The van der Waals surface area contributed by atoms with E-state index in [-0.39, 0.29) is 23.7 Å². The summed E-state index contributed by atoms with van der Waals surface area (Å²) in [7, 11) is 0. The van der Waals surface area contributed by atoms with Gasteiger partial charge in [-0.25, -0.2) is 4.98 Å². The smallest absolute Gasteiger partial charge is 0.289 e. The first-order valence-electron chi connectivity index (χ1n) is 11.8. The van der Waals surface area contributed by atoms with Crippen molar-refractivity contribution in [2.24, 2.45) is 5.92 Å². The first-order chi connectivity index (χ1) is 16.4. The molecule has 0 bridgehead atoms. The summed E-state index contributed by atoms with van der Waals surface area (Å²) in [5.41, 5.74) is 2.23. The van der Waals surface area contributed by atoms with Crippen LogP contribution >= 0.6 is 11.3 Å². The fourth-order valence-corrected chi connectivity index (χ4v) is 5.71. The van der Waals surface area contributed by atoms with E-state index < -0.39 is 0 Å². The van der Waals surface area contributed by atoms with Crippen molar-refractivity contribution in [3.05, 3.63) is 41.3 Å². The van der Waals surface area contributed by atoms with Crippen molar-refractivity contribution in [3.63, 3.8) is 0 Å². The summed E-state index contributed by atoms with van der Waals surface area (Å²) in [5, 5.41) is 20.8. The van der Waals surface area contributed by atoms with Crippen LogP contribution < -0.4 is 10.6 Å². The molecule has 9 nitrogen and oxygen atoms in total. The Morgan fingerprint density at radius 2 is 2.03 bits per heavy atom. The van der Waals surface area contributed by atoms with E-state index in [1.807, 2.05) is 23.1 Å². The molecule has 2 atom stereocenters. The van der Waals surface area contributed by atoms with E-state index in [1.165, 1.54) is 0 Å². The van der Waals surface area contributed by atoms with Gasteiger partial charge in [-0.3, -0.25) is 9.59 Å². The predicted octanol–water partition coefficient (Wildman–Crippen LogP) is 3.20. The van der Waals surface area contributed by atoms with Crippen LogP contribution in [0.5, 0.6) is 0 Å². The van der Waals surface area contributed by atoms with Gasteiger partial charge in [0.2, 0.25) is 5.76 Å². The fraction of sp³-hybridized carbons (Fsp3) is 0.500. The van der Waals surface area contributed by atoms with Crippen LogP contribution in [-0.2, 0) is 0 Å². The predicted molar refractivity (Wildman–Crippen MR) is 129 cm³/mol. The number of nitrogens with one attached hydrogen (secondary N) is 2. The Balaban J connectivity index is 1.15. The molecular weight excluding hydrogens is 454 g/mol. The minimum absolute atomic E-state index is 0.0119. The number of hydrogen-bond donors (Lipinski definition) is 3. The number of likely N-dealkylation sites (tertiary alicyclic amines) is 1. The lowest BCUT2D eigenvalue weighted by molar-refractivity contribution is 0.0546. The minimum atomic E-state index is -0.300. The second-order valence-electron chi connectivity index (χ2n) is 9.29. The number of anilines is 1. The molecule has 3 aromatic rings. The topological polar surface area (TPSA) is 121 Å². The Morgan fingerprint density at radius 3 is 2.79 bits per heavy atom. The molecule has 180 valence electrons. The maximum absolute atomic E-state index is 12.8. The highest BCUT2D eigenvalue weighted by atomic mass is 32.1. The number of benzene rings is 1. The van der Waals surface area contributed by atoms with Crippen LogP contribution in [0.4, 0.5) is 5.13 Å². The quantitative estimate of drug-likeness (QED) is 0.492. The Bertz CT molecular complexity index is 1180. The molecule has 0 spiro atoms. The van der Waals surface area contributed by atoms with Gasteiger partial charge < -0.3 is 25.2 Å². The Labute approximate surface area is 201 Å². The number of hydrogen-bond acceptors (Lipinski definition) is 8. The summed E-state index contributed by atoms with van der Waals surface area (Å²) in [4.78, 5) is 31.5. The van der Waals surface area contributed by atoms with Crippen LogP contribution in [0.25, 0.3) is 10.2 Å². The van der Waals surface area contributed by atoms with Gasteiger partial charge in [-0.2, -0.15) is 0 Å². The second-order valence-corrected chi connectivity index (χ2v) is 10.3. The monoisotopic (exact) mass is 483 g/mol. The van der Waals surface area contributed by atoms with Gasteiger partial charge in [0, 0.05) is 37.3 Å². The van der Waals surface area contributed by atoms with E-state index >= 15 is 0 Å². The molecule has 3 heterocycles. The normalized spacial score (nSPS) is 21.2. The number of rotatable bonds is 6. The number of carbonyl (C=O) groups excluding carboxylic acids is 2. The summed E-state index contributed by atoms with van der Waals surface area (Å²) < 4.78 is 6.00. The maximum atomic E-state index is 12.8. The van der Waals surface area contributed by atoms with Crippen molar-refractivity contribution in [1.29, 1.82) is 0 Å². The maximum Gasteiger partial charge on any atom is 0.289 e. The summed E-state index contributed by atoms with van der Waals surface area (Å²) >= 11 is 1.56.